The Hall–Kier alpha value is -1.73. The van der Waals surface area contributed by atoms with Crippen LogP contribution in [0.3, 0.4) is 0 Å². The fourth-order valence-electron chi connectivity index (χ4n) is 1.99. The molecule has 6 nitrogen and oxygen atoms in total. The number of hydrogen-bond donors (Lipinski definition) is 2. The normalized spacial score (nSPS) is 12.6. The molecule has 0 saturated carbocycles. The average Bonchev–Trinajstić information content (AvgIpc) is 2.72. The maximum Gasteiger partial charge on any atom is 0.263 e. The summed E-state index contributed by atoms with van der Waals surface area (Å²) < 4.78 is 1.37. The number of nitrogens with two attached hydrogens (primary N) is 1. The van der Waals surface area contributed by atoms with Gasteiger partial charge in [-0.05, 0) is 26.3 Å². The van der Waals surface area contributed by atoms with Gasteiger partial charge in [-0.2, -0.15) is 0 Å². The first-order chi connectivity index (χ1) is 9.47. The summed E-state index contributed by atoms with van der Waals surface area (Å²) in [5, 5.41) is 3.28. The minimum atomic E-state index is -0.606. The topological polar surface area (TPSA) is 90.0 Å². The Balaban J connectivity index is 2.45. The van der Waals surface area contributed by atoms with E-state index >= 15 is 0 Å². The third-order valence-electron chi connectivity index (χ3n) is 3.35. The highest BCUT2D eigenvalue weighted by atomic mass is 32.1. The summed E-state index contributed by atoms with van der Waals surface area (Å²) in [5.74, 6) is -0.233. The van der Waals surface area contributed by atoms with Crippen molar-refractivity contribution in [2.24, 2.45) is 5.73 Å². The first kappa shape index (κ1) is 14.7. The standard InChI is InChI=1S/C13H18N4O2S/c1-7-9(3)20-12-10(7)13(19)17(6-16-12)8(2)11(18)15-5-4-14/h6,8H,4-5,14H2,1-3H3,(H,15,18). The zero-order valence-corrected chi connectivity index (χ0v) is 12.6. The summed E-state index contributed by atoms with van der Waals surface area (Å²) in [6, 6.07) is -0.606. The third kappa shape index (κ3) is 2.46. The van der Waals surface area contributed by atoms with Crippen LogP contribution in [0.25, 0.3) is 10.2 Å². The maximum absolute atomic E-state index is 12.5. The molecule has 0 fully saturated rings. The molecule has 0 bridgehead atoms. The SMILES string of the molecule is Cc1sc2ncn(C(C)C(=O)NCCN)c(=O)c2c1C. The summed E-state index contributed by atoms with van der Waals surface area (Å²) in [5.41, 5.74) is 6.11. The third-order valence-corrected chi connectivity index (χ3v) is 4.47. The molecule has 0 aliphatic carbocycles. The van der Waals surface area contributed by atoms with Crippen LogP contribution in [0.15, 0.2) is 11.1 Å². The van der Waals surface area contributed by atoms with E-state index in [-0.39, 0.29) is 11.5 Å². The predicted octanol–water partition coefficient (Wildman–Crippen LogP) is 0.711. The summed E-state index contributed by atoms with van der Waals surface area (Å²) in [4.78, 5) is 30.5. The van der Waals surface area contributed by atoms with Crippen LogP contribution in [0.4, 0.5) is 0 Å². The van der Waals surface area contributed by atoms with Gasteiger partial charge in [0.15, 0.2) is 0 Å². The number of amides is 1. The van der Waals surface area contributed by atoms with Gasteiger partial charge in [0.1, 0.15) is 10.9 Å². The molecule has 1 unspecified atom stereocenters. The Bertz CT molecular complexity index is 704. The van der Waals surface area contributed by atoms with Gasteiger partial charge in [-0.3, -0.25) is 14.2 Å². The van der Waals surface area contributed by atoms with Gasteiger partial charge in [0, 0.05) is 18.0 Å². The molecule has 2 aromatic rings. The van der Waals surface area contributed by atoms with Crippen molar-refractivity contribution in [3.63, 3.8) is 0 Å². The molecule has 108 valence electrons. The van der Waals surface area contributed by atoms with Gasteiger partial charge >= 0.3 is 0 Å². The number of fused-ring (bicyclic) bond motifs is 1. The van der Waals surface area contributed by atoms with Gasteiger partial charge in [0.05, 0.1) is 11.7 Å². The van der Waals surface area contributed by atoms with Crippen molar-refractivity contribution in [2.45, 2.75) is 26.8 Å². The lowest BCUT2D eigenvalue weighted by atomic mass is 10.2. The van der Waals surface area contributed by atoms with Crippen LogP contribution in [0.2, 0.25) is 0 Å². The molecule has 0 aliphatic heterocycles. The fraction of sp³-hybridized carbons (Fsp3) is 0.462. The molecule has 0 saturated heterocycles. The van der Waals surface area contributed by atoms with Gasteiger partial charge in [-0.1, -0.05) is 0 Å². The molecule has 1 atom stereocenters. The first-order valence-corrected chi connectivity index (χ1v) is 7.23. The number of carbonyl (C=O) groups is 1. The number of thiophene rings is 1. The lowest BCUT2D eigenvalue weighted by molar-refractivity contribution is -0.123. The van der Waals surface area contributed by atoms with Crippen LogP contribution in [-0.4, -0.2) is 28.5 Å². The van der Waals surface area contributed by atoms with Crippen molar-refractivity contribution in [3.05, 3.63) is 27.1 Å². The van der Waals surface area contributed by atoms with Gasteiger partial charge in [-0.25, -0.2) is 4.98 Å². The molecule has 2 aromatic heterocycles. The number of aromatic nitrogens is 2. The summed E-state index contributed by atoms with van der Waals surface area (Å²) >= 11 is 1.49. The average molecular weight is 294 g/mol. The molecule has 2 heterocycles. The zero-order valence-electron chi connectivity index (χ0n) is 11.8. The maximum atomic E-state index is 12.5. The highest BCUT2D eigenvalue weighted by Crippen LogP contribution is 2.25. The van der Waals surface area contributed by atoms with E-state index in [4.69, 9.17) is 5.73 Å². The molecule has 0 aromatic carbocycles. The lowest BCUT2D eigenvalue weighted by Crippen LogP contribution is -2.38. The van der Waals surface area contributed by atoms with Crippen molar-refractivity contribution < 1.29 is 4.79 Å². The van der Waals surface area contributed by atoms with Crippen LogP contribution >= 0.6 is 11.3 Å². The number of aryl methyl sites for hydroxylation is 2. The number of rotatable bonds is 4. The highest BCUT2D eigenvalue weighted by Gasteiger charge is 2.19. The van der Waals surface area contributed by atoms with Gasteiger partial charge in [-0.15, -0.1) is 11.3 Å². The second kappa shape index (κ2) is 5.72. The summed E-state index contributed by atoms with van der Waals surface area (Å²) in [6.07, 6.45) is 1.44. The second-order valence-electron chi connectivity index (χ2n) is 4.68. The Morgan fingerprint density at radius 1 is 1.55 bits per heavy atom. The molecular weight excluding hydrogens is 276 g/mol. The van der Waals surface area contributed by atoms with E-state index in [1.807, 2.05) is 13.8 Å². The van der Waals surface area contributed by atoms with Crippen molar-refractivity contribution in [1.82, 2.24) is 14.9 Å². The molecular formula is C13H18N4O2S. The zero-order chi connectivity index (χ0) is 14.9. The highest BCUT2D eigenvalue weighted by molar-refractivity contribution is 7.18. The largest absolute Gasteiger partial charge is 0.353 e. The lowest BCUT2D eigenvalue weighted by Gasteiger charge is -2.14. The van der Waals surface area contributed by atoms with E-state index in [0.29, 0.717) is 18.5 Å². The van der Waals surface area contributed by atoms with Crippen LogP contribution in [0.5, 0.6) is 0 Å². The Labute approximate surface area is 120 Å². The molecule has 1 amide bonds. The molecule has 0 aliphatic rings. The minimum Gasteiger partial charge on any atom is -0.353 e. The van der Waals surface area contributed by atoms with E-state index in [2.05, 4.69) is 10.3 Å². The summed E-state index contributed by atoms with van der Waals surface area (Å²) in [7, 11) is 0. The molecule has 0 radical (unpaired) electrons. The Kier molecular flexibility index (Phi) is 4.20. The Morgan fingerprint density at radius 3 is 2.90 bits per heavy atom. The minimum absolute atomic E-state index is 0.174. The van der Waals surface area contributed by atoms with E-state index < -0.39 is 6.04 Å². The molecule has 3 N–H and O–H groups in total. The van der Waals surface area contributed by atoms with E-state index in [9.17, 15) is 9.59 Å². The van der Waals surface area contributed by atoms with E-state index in [1.54, 1.807) is 6.92 Å². The second-order valence-corrected chi connectivity index (χ2v) is 5.88. The fourth-order valence-corrected chi connectivity index (χ4v) is 2.98. The van der Waals surface area contributed by atoms with Crippen molar-refractivity contribution >= 4 is 27.5 Å². The van der Waals surface area contributed by atoms with Gasteiger partial charge in [0.25, 0.3) is 5.56 Å². The number of carbonyl (C=O) groups excluding carboxylic acids is 1. The predicted molar refractivity (Wildman–Crippen MR) is 80.1 cm³/mol. The molecule has 0 spiro atoms. The first-order valence-electron chi connectivity index (χ1n) is 6.42. The molecule has 2 rings (SSSR count). The van der Waals surface area contributed by atoms with E-state index in [1.165, 1.54) is 22.2 Å². The van der Waals surface area contributed by atoms with E-state index in [0.717, 1.165) is 15.3 Å². The van der Waals surface area contributed by atoms with Crippen LogP contribution in [-0.2, 0) is 4.79 Å². The van der Waals surface area contributed by atoms with Crippen molar-refractivity contribution in [3.8, 4) is 0 Å². The van der Waals surface area contributed by atoms with Gasteiger partial charge in [0.2, 0.25) is 5.91 Å². The Morgan fingerprint density at radius 2 is 2.25 bits per heavy atom. The smallest absolute Gasteiger partial charge is 0.263 e. The van der Waals surface area contributed by atoms with Gasteiger partial charge < -0.3 is 11.1 Å². The molecule has 20 heavy (non-hydrogen) atoms. The van der Waals surface area contributed by atoms with Crippen LogP contribution in [0.1, 0.15) is 23.4 Å². The van der Waals surface area contributed by atoms with Crippen LogP contribution in [0, 0.1) is 13.8 Å². The van der Waals surface area contributed by atoms with Crippen molar-refractivity contribution in [1.29, 1.82) is 0 Å². The summed E-state index contributed by atoms with van der Waals surface area (Å²) in [6.45, 7) is 6.30. The quantitative estimate of drug-likeness (QED) is 0.869. The van der Waals surface area contributed by atoms with Crippen LogP contribution < -0.4 is 16.6 Å². The number of hydrogen-bond acceptors (Lipinski definition) is 5. The van der Waals surface area contributed by atoms with Crippen molar-refractivity contribution in [2.75, 3.05) is 13.1 Å². The number of nitrogens with zero attached hydrogens (tertiary/aromatic N) is 2. The molecule has 7 heteroatoms. The monoisotopic (exact) mass is 294 g/mol. The number of nitrogens with one attached hydrogen (secondary N) is 1.